The summed E-state index contributed by atoms with van der Waals surface area (Å²) < 4.78 is 13.4. The average molecular weight is 753 g/mol. The number of furan rings is 2. The molecule has 0 amide bonds. The van der Waals surface area contributed by atoms with Crippen molar-refractivity contribution in [3.8, 4) is 56.4 Å². The third-order valence-corrected chi connectivity index (χ3v) is 12.3. The van der Waals surface area contributed by atoms with E-state index in [0.717, 1.165) is 99.5 Å². The molecule has 0 aliphatic heterocycles. The lowest BCUT2D eigenvalue weighted by molar-refractivity contribution is 0.666. The Morgan fingerprint density at radius 1 is 0.407 bits per heavy atom. The molecule has 0 saturated carbocycles. The first-order chi connectivity index (χ1) is 29.2. The highest BCUT2D eigenvalue weighted by atomic mass is 16.3. The molecule has 59 heavy (non-hydrogen) atoms. The minimum atomic E-state index is -0.773. The molecule has 8 aromatic carbocycles. The molecule has 0 bridgehead atoms. The SMILES string of the molecule is [C-]#[N+]c1ccc2c(c1)C1(c3ccccc3-2)c2cc3oc4ccccc4c3cc2-c2ccc3oc4ccc(-c5nc(-c6ccccc6)nc(-c6ccccc6)n5)cc4c3c21. The second-order valence-corrected chi connectivity index (χ2v) is 15.3. The summed E-state index contributed by atoms with van der Waals surface area (Å²) in [6.07, 6.45) is 0. The van der Waals surface area contributed by atoms with Crippen LogP contribution in [-0.2, 0) is 5.41 Å². The molecule has 1 spiro atoms. The largest absolute Gasteiger partial charge is 0.456 e. The Morgan fingerprint density at radius 3 is 1.80 bits per heavy atom. The first kappa shape index (κ1) is 32.0. The lowest BCUT2D eigenvalue weighted by Crippen LogP contribution is -2.26. The first-order valence-electron chi connectivity index (χ1n) is 19.6. The molecule has 6 nitrogen and oxygen atoms in total. The summed E-state index contributed by atoms with van der Waals surface area (Å²) in [5, 5.41) is 4.14. The molecule has 0 saturated heterocycles. The average Bonchev–Trinajstić information content (AvgIpc) is 4.02. The fraction of sp³-hybridized carbons (Fsp3) is 0.0189. The first-order valence-corrected chi connectivity index (χ1v) is 19.6. The monoisotopic (exact) mass is 752 g/mol. The van der Waals surface area contributed by atoms with Gasteiger partial charge in [-0.2, -0.15) is 0 Å². The zero-order chi connectivity index (χ0) is 38.8. The highest BCUT2D eigenvalue weighted by Gasteiger charge is 2.53. The van der Waals surface area contributed by atoms with Crippen LogP contribution in [0.2, 0.25) is 0 Å². The molecule has 1 unspecified atom stereocenters. The van der Waals surface area contributed by atoms with E-state index in [-0.39, 0.29) is 0 Å². The van der Waals surface area contributed by atoms with Gasteiger partial charge in [0.25, 0.3) is 0 Å². The Labute approximate surface area is 337 Å². The Morgan fingerprint density at radius 2 is 1.02 bits per heavy atom. The maximum atomic E-state index is 8.12. The summed E-state index contributed by atoms with van der Waals surface area (Å²) in [5.74, 6) is 1.78. The van der Waals surface area contributed by atoms with E-state index in [2.05, 4.69) is 83.7 Å². The van der Waals surface area contributed by atoms with Gasteiger partial charge in [0, 0.05) is 38.2 Å². The van der Waals surface area contributed by atoms with Crippen molar-refractivity contribution < 1.29 is 8.83 Å². The van der Waals surface area contributed by atoms with Crippen molar-refractivity contribution in [1.82, 2.24) is 15.0 Å². The minimum Gasteiger partial charge on any atom is -0.456 e. The van der Waals surface area contributed by atoms with Crippen LogP contribution in [-0.4, -0.2) is 15.0 Å². The third kappa shape index (κ3) is 4.31. The number of aromatic nitrogens is 3. The van der Waals surface area contributed by atoms with Gasteiger partial charge in [-0.1, -0.05) is 127 Å². The van der Waals surface area contributed by atoms with Gasteiger partial charge >= 0.3 is 0 Å². The van der Waals surface area contributed by atoms with Crippen LogP contribution in [0.25, 0.3) is 105 Å². The summed E-state index contributed by atoms with van der Waals surface area (Å²) in [5.41, 5.74) is 14.8. The lowest BCUT2D eigenvalue weighted by Gasteiger charge is -2.31. The molecule has 0 N–H and O–H groups in total. The van der Waals surface area contributed by atoms with Crippen molar-refractivity contribution in [3.05, 3.63) is 204 Å². The fourth-order valence-corrected chi connectivity index (χ4v) is 9.90. The van der Waals surface area contributed by atoms with Crippen LogP contribution >= 0.6 is 0 Å². The number of benzene rings is 8. The molecule has 13 rings (SSSR count). The van der Waals surface area contributed by atoms with Gasteiger partial charge in [0.05, 0.1) is 12.0 Å². The maximum absolute atomic E-state index is 8.12. The van der Waals surface area contributed by atoms with E-state index < -0.39 is 5.41 Å². The molecule has 2 aliphatic carbocycles. The van der Waals surface area contributed by atoms with E-state index in [1.165, 1.54) is 5.56 Å². The second-order valence-electron chi connectivity index (χ2n) is 15.3. The minimum absolute atomic E-state index is 0.574. The van der Waals surface area contributed by atoms with Crippen molar-refractivity contribution in [2.75, 3.05) is 0 Å². The molecule has 11 aromatic rings. The summed E-state index contributed by atoms with van der Waals surface area (Å²) in [4.78, 5) is 19.1. The summed E-state index contributed by atoms with van der Waals surface area (Å²) >= 11 is 0. The van der Waals surface area contributed by atoms with Crippen molar-refractivity contribution in [2.24, 2.45) is 0 Å². The van der Waals surface area contributed by atoms with Gasteiger partial charge in [-0.25, -0.2) is 19.8 Å². The second kappa shape index (κ2) is 11.7. The van der Waals surface area contributed by atoms with E-state index in [1.807, 2.05) is 91.0 Å². The molecular weight excluding hydrogens is 725 g/mol. The van der Waals surface area contributed by atoms with E-state index in [0.29, 0.717) is 23.2 Å². The quantitative estimate of drug-likeness (QED) is 0.168. The van der Waals surface area contributed by atoms with E-state index >= 15 is 0 Å². The van der Waals surface area contributed by atoms with Gasteiger partial charge in [-0.05, 0) is 87.0 Å². The van der Waals surface area contributed by atoms with Crippen LogP contribution in [0, 0.1) is 6.57 Å². The number of fused-ring (bicyclic) bond motifs is 17. The number of hydrogen-bond donors (Lipinski definition) is 0. The van der Waals surface area contributed by atoms with Crippen LogP contribution in [0.5, 0.6) is 0 Å². The third-order valence-electron chi connectivity index (χ3n) is 12.3. The van der Waals surface area contributed by atoms with Gasteiger partial charge < -0.3 is 8.83 Å². The van der Waals surface area contributed by atoms with Gasteiger partial charge in [0.2, 0.25) is 0 Å². The normalized spacial score (nSPS) is 14.8. The molecule has 1 atom stereocenters. The zero-order valence-electron chi connectivity index (χ0n) is 31.3. The lowest BCUT2D eigenvalue weighted by atomic mass is 9.69. The molecule has 2 aliphatic rings. The molecule has 3 aromatic heterocycles. The number of hydrogen-bond acceptors (Lipinski definition) is 5. The van der Waals surface area contributed by atoms with Crippen molar-refractivity contribution in [3.63, 3.8) is 0 Å². The summed E-state index contributed by atoms with van der Waals surface area (Å²) in [6, 6.07) is 58.3. The summed E-state index contributed by atoms with van der Waals surface area (Å²) in [7, 11) is 0. The highest BCUT2D eigenvalue weighted by Crippen LogP contribution is 2.65. The van der Waals surface area contributed by atoms with Crippen molar-refractivity contribution in [1.29, 1.82) is 0 Å². The molecule has 6 heteroatoms. The van der Waals surface area contributed by atoms with E-state index in [4.69, 9.17) is 30.4 Å². The molecule has 0 radical (unpaired) electrons. The number of rotatable bonds is 3. The summed E-state index contributed by atoms with van der Waals surface area (Å²) in [6.45, 7) is 8.12. The van der Waals surface area contributed by atoms with Gasteiger partial charge in [0.15, 0.2) is 23.2 Å². The topological polar surface area (TPSA) is 69.3 Å². The van der Waals surface area contributed by atoms with Crippen LogP contribution in [0.15, 0.2) is 179 Å². The smallest absolute Gasteiger partial charge is 0.187 e. The van der Waals surface area contributed by atoms with Gasteiger partial charge in [0.1, 0.15) is 22.3 Å². The van der Waals surface area contributed by atoms with Crippen LogP contribution in [0.4, 0.5) is 5.69 Å². The molecule has 3 heterocycles. The molecule has 272 valence electrons. The van der Waals surface area contributed by atoms with E-state index in [9.17, 15) is 0 Å². The van der Waals surface area contributed by atoms with Crippen molar-refractivity contribution in [2.45, 2.75) is 5.41 Å². The van der Waals surface area contributed by atoms with Crippen LogP contribution in [0.1, 0.15) is 22.3 Å². The zero-order valence-corrected chi connectivity index (χ0v) is 31.3. The fourth-order valence-electron chi connectivity index (χ4n) is 9.90. The van der Waals surface area contributed by atoms with Gasteiger partial charge in [-0.3, -0.25) is 0 Å². The molecule has 0 fully saturated rings. The number of nitrogens with zero attached hydrogens (tertiary/aromatic N) is 4. The van der Waals surface area contributed by atoms with Crippen LogP contribution < -0.4 is 0 Å². The Hall–Kier alpha value is -8.14. The number of para-hydroxylation sites is 1. The van der Waals surface area contributed by atoms with Crippen molar-refractivity contribution >= 4 is 49.6 Å². The van der Waals surface area contributed by atoms with Gasteiger partial charge in [-0.15, -0.1) is 0 Å². The Balaban J connectivity index is 1.14. The van der Waals surface area contributed by atoms with E-state index in [1.54, 1.807) is 0 Å². The Kier molecular flexibility index (Phi) is 6.35. The van der Waals surface area contributed by atoms with Crippen LogP contribution in [0.3, 0.4) is 0 Å². The maximum Gasteiger partial charge on any atom is 0.187 e. The predicted molar refractivity (Wildman–Crippen MR) is 233 cm³/mol. The predicted octanol–water partition coefficient (Wildman–Crippen LogP) is 13.6. The highest BCUT2D eigenvalue weighted by molar-refractivity contribution is 6.16. The Bertz CT molecular complexity index is 3580. The standard InChI is InChI=1S/C53H28N4O2/c1-54-33-21-22-35-34-16-8-10-18-41(34)53(42(35)27-33)43-29-47-39(36-17-9-11-19-44(36)59-47)28-38(43)37-23-25-46-48(49(37)53)40-26-32(20-24-45(40)58-46)52-56-50(30-12-4-2-5-13-30)55-51(57-52)31-14-6-3-7-15-31/h2-29H. The molecular formula is C53H28N4O2.